The lowest BCUT2D eigenvalue weighted by atomic mass is 10.1. The molecule has 0 bridgehead atoms. The maximum atomic E-state index is 5.77. The second kappa shape index (κ2) is 5.69. The van der Waals surface area contributed by atoms with Gasteiger partial charge in [-0.3, -0.25) is 0 Å². The molecule has 0 atom stereocenters. The number of rotatable bonds is 8. The standard InChI is InChI=1S/C11H24N2O/c1-3-13(7-8-14-4-2)10-11(9-12)5-6-11/h3-10,12H2,1-2H3. The van der Waals surface area contributed by atoms with E-state index in [1.54, 1.807) is 0 Å². The van der Waals surface area contributed by atoms with E-state index in [0.717, 1.165) is 39.4 Å². The van der Waals surface area contributed by atoms with Crippen molar-refractivity contribution in [2.45, 2.75) is 26.7 Å². The predicted octanol–water partition coefficient (Wildman–Crippen LogP) is 1.08. The molecular formula is C11H24N2O. The van der Waals surface area contributed by atoms with Crippen LogP contribution < -0.4 is 5.73 Å². The highest BCUT2D eigenvalue weighted by Crippen LogP contribution is 2.44. The van der Waals surface area contributed by atoms with E-state index >= 15 is 0 Å². The molecule has 3 heteroatoms. The Balaban J connectivity index is 2.17. The van der Waals surface area contributed by atoms with Crippen molar-refractivity contribution < 1.29 is 4.74 Å². The highest BCUT2D eigenvalue weighted by Gasteiger charge is 2.41. The molecule has 0 aromatic heterocycles. The van der Waals surface area contributed by atoms with Crippen LogP contribution in [0.5, 0.6) is 0 Å². The number of ether oxygens (including phenoxy) is 1. The Bertz CT molecular complexity index is 157. The van der Waals surface area contributed by atoms with Crippen LogP contribution in [-0.4, -0.2) is 44.3 Å². The van der Waals surface area contributed by atoms with Crippen LogP contribution in [-0.2, 0) is 4.74 Å². The van der Waals surface area contributed by atoms with Gasteiger partial charge in [-0.1, -0.05) is 6.92 Å². The molecular weight excluding hydrogens is 176 g/mol. The first-order valence-electron chi connectivity index (χ1n) is 5.76. The van der Waals surface area contributed by atoms with Gasteiger partial charge < -0.3 is 15.4 Å². The second-order valence-electron chi connectivity index (χ2n) is 4.27. The Morgan fingerprint density at radius 3 is 2.50 bits per heavy atom. The zero-order valence-electron chi connectivity index (χ0n) is 9.59. The zero-order valence-corrected chi connectivity index (χ0v) is 9.59. The first kappa shape index (κ1) is 12.0. The van der Waals surface area contributed by atoms with Gasteiger partial charge in [-0.25, -0.2) is 0 Å². The summed E-state index contributed by atoms with van der Waals surface area (Å²) in [5, 5.41) is 0. The molecule has 1 rings (SSSR count). The Hall–Kier alpha value is -0.120. The van der Waals surface area contributed by atoms with Crippen molar-refractivity contribution in [3.63, 3.8) is 0 Å². The fourth-order valence-electron chi connectivity index (χ4n) is 1.76. The lowest BCUT2D eigenvalue weighted by molar-refractivity contribution is 0.107. The molecule has 0 spiro atoms. The minimum Gasteiger partial charge on any atom is -0.380 e. The van der Waals surface area contributed by atoms with Gasteiger partial charge in [0.25, 0.3) is 0 Å². The molecule has 0 aromatic carbocycles. The topological polar surface area (TPSA) is 38.5 Å². The number of hydrogen-bond acceptors (Lipinski definition) is 3. The van der Waals surface area contributed by atoms with Gasteiger partial charge in [0.1, 0.15) is 0 Å². The minimum absolute atomic E-state index is 0.461. The number of nitrogens with zero attached hydrogens (tertiary/aromatic N) is 1. The molecule has 0 saturated heterocycles. The lowest BCUT2D eigenvalue weighted by Crippen LogP contribution is -2.36. The highest BCUT2D eigenvalue weighted by molar-refractivity contribution is 4.96. The van der Waals surface area contributed by atoms with Crippen LogP contribution in [0.2, 0.25) is 0 Å². The van der Waals surface area contributed by atoms with E-state index in [4.69, 9.17) is 10.5 Å². The smallest absolute Gasteiger partial charge is 0.0593 e. The van der Waals surface area contributed by atoms with Gasteiger partial charge in [0.2, 0.25) is 0 Å². The van der Waals surface area contributed by atoms with Crippen molar-refractivity contribution in [3.05, 3.63) is 0 Å². The summed E-state index contributed by atoms with van der Waals surface area (Å²) in [6.45, 7) is 10.1. The Labute approximate surface area is 87.6 Å². The number of likely N-dealkylation sites (N-methyl/N-ethyl adjacent to an activating group) is 1. The van der Waals surface area contributed by atoms with Gasteiger partial charge in [-0.2, -0.15) is 0 Å². The fraction of sp³-hybridized carbons (Fsp3) is 1.00. The van der Waals surface area contributed by atoms with E-state index in [9.17, 15) is 0 Å². The number of hydrogen-bond donors (Lipinski definition) is 1. The Kier molecular flexibility index (Phi) is 4.85. The average Bonchev–Trinajstić information content (AvgIpc) is 2.97. The Morgan fingerprint density at radius 2 is 2.07 bits per heavy atom. The molecule has 2 N–H and O–H groups in total. The van der Waals surface area contributed by atoms with E-state index < -0.39 is 0 Å². The third kappa shape index (κ3) is 3.56. The summed E-state index contributed by atoms with van der Waals surface area (Å²) in [5.74, 6) is 0. The maximum Gasteiger partial charge on any atom is 0.0593 e. The SMILES string of the molecule is CCOCCN(CC)CC1(CN)CC1. The first-order chi connectivity index (χ1) is 6.76. The third-order valence-corrected chi connectivity index (χ3v) is 3.15. The molecule has 84 valence electrons. The molecule has 0 aromatic rings. The molecule has 1 fully saturated rings. The summed E-state index contributed by atoms with van der Waals surface area (Å²) in [6.07, 6.45) is 2.63. The molecule has 0 unspecified atom stereocenters. The van der Waals surface area contributed by atoms with E-state index in [1.807, 2.05) is 6.92 Å². The molecule has 1 saturated carbocycles. The fourth-order valence-corrected chi connectivity index (χ4v) is 1.76. The van der Waals surface area contributed by atoms with Crippen molar-refractivity contribution in [1.82, 2.24) is 4.90 Å². The van der Waals surface area contributed by atoms with Gasteiger partial charge in [0.05, 0.1) is 6.61 Å². The molecule has 14 heavy (non-hydrogen) atoms. The molecule has 3 nitrogen and oxygen atoms in total. The predicted molar refractivity (Wildman–Crippen MR) is 59.3 cm³/mol. The molecule has 0 amide bonds. The van der Waals surface area contributed by atoms with Gasteiger partial charge >= 0.3 is 0 Å². The second-order valence-corrected chi connectivity index (χ2v) is 4.27. The summed E-state index contributed by atoms with van der Waals surface area (Å²) in [7, 11) is 0. The van der Waals surface area contributed by atoms with Crippen LogP contribution in [0.25, 0.3) is 0 Å². The molecule has 1 aliphatic carbocycles. The summed E-state index contributed by atoms with van der Waals surface area (Å²) >= 11 is 0. The summed E-state index contributed by atoms with van der Waals surface area (Å²) < 4.78 is 5.36. The molecule has 0 aliphatic heterocycles. The normalized spacial score (nSPS) is 18.9. The van der Waals surface area contributed by atoms with Gasteiger partial charge in [-0.05, 0) is 38.3 Å². The highest BCUT2D eigenvalue weighted by atomic mass is 16.5. The summed E-state index contributed by atoms with van der Waals surface area (Å²) in [4.78, 5) is 2.45. The maximum absolute atomic E-state index is 5.77. The van der Waals surface area contributed by atoms with Crippen LogP contribution in [0.4, 0.5) is 0 Å². The largest absolute Gasteiger partial charge is 0.380 e. The van der Waals surface area contributed by atoms with E-state index in [-0.39, 0.29) is 0 Å². The monoisotopic (exact) mass is 200 g/mol. The quantitative estimate of drug-likeness (QED) is 0.596. The molecule has 1 aliphatic rings. The van der Waals surface area contributed by atoms with Gasteiger partial charge in [0, 0.05) is 19.7 Å². The minimum atomic E-state index is 0.461. The molecule has 0 heterocycles. The summed E-state index contributed by atoms with van der Waals surface area (Å²) in [5.41, 5.74) is 6.23. The summed E-state index contributed by atoms with van der Waals surface area (Å²) in [6, 6.07) is 0. The van der Waals surface area contributed by atoms with Crippen LogP contribution in [0.3, 0.4) is 0 Å². The van der Waals surface area contributed by atoms with Crippen molar-refractivity contribution in [2.24, 2.45) is 11.1 Å². The van der Waals surface area contributed by atoms with Crippen molar-refractivity contribution in [2.75, 3.05) is 39.4 Å². The number of nitrogens with two attached hydrogens (primary N) is 1. The van der Waals surface area contributed by atoms with Gasteiger partial charge in [0.15, 0.2) is 0 Å². The van der Waals surface area contributed by atoms with Crippen molar-refractivity contribution in [1.29, 1.82) is 0 Å². The van der Waals surface area contributed by atoms with E-state index in [2.05, 4.69) is 11.8 Å². The lowest BCUT2D eigenvalue weighted by Gasteiger charge is -2.25. The Morgan fingerprint density at radius 1 is 1.36 bits per heavy atom. The van der Waals surface area contributed by atoms with Crippen LogP contribution in [0.15, 0.2) is 0 Å². The van der Waals surface area contributed by atoms with Crippen LogP contribution in [0.1, 0.15) is 26.7 Å². The average molecular weight is 200 g/mol. The van der Waals surface area contributed by atoms with Crippen molar-refractivity contribution >= 4 is 0 Å². The van der Waals surface area contributed by atoms with Crippen molar-refractivity contribution in [3.8, 4) is 0 Å². The molecule has 0 radical (unpaired) electrons. The van der Waals surface area contributed by atoms with E-state index in [0.29, 0.717) is 5.41 Å². The first-order valence-corrected chi connectivity index (χ1v) is 5.76. The van der Waals surface area contributed by atoms with Gasteiger partial charge in [-0.15, -0.1) is 0 Å². The van der Waals surface area contributed by atoms with Crippen LogP contribution in [0, 0.1) is 5.41 Å². The zero-order chi connectivity index (χ0) is 10.4. The van der Waals surface area contributed by atoms with Crippen LogP contribution >= 0.6 is 0 Å². The van der Waals surface area contributed by atoms with E-state index in [1.165, 1.54) is 12.8 Å². The third-order valence-electron chi connectivity index (χ3n) is 3.15.